The van der Waals surface area contributed by atoms with Crippen LogP contribution in [-0.2, 0) is 22.6 Å². The van der Waals surface area contributed by atoms with Gasteiger partial charge in [-0.2, -0.15) is 0 Å². The van der Waals surface area contributed by atoms with Gasteiger partial charge in [-0.15, -0.1) is 0 Å². The molecular weight excluding hydrogens is 360 g/mol. The van der Waals surface area contributed by atoms with Crippen molar-refractivity contribution in [3.63, 3.8) is 0 Å². The lowest BCUT2D eigenvalue weighted by molar-refractivity contribution is -0.128. The van der Waals surface area contributed by atoms with Crippen LogP contribution < -0.4 is 24.8 Å². The maximum atomic E-state index is 12.3. The second kappa shape index (κ2) is 9.12. The van der Waals surface area contributed by atoms with Crippen LogP contribution in [0, 0.1) is 0 Å². The van der Waals surface area contributed by atoms with Gasteiger partial charge in [-0.25, -0.2) is 0 Å². The van der Waals surface area contributed by atoms with Crippen molar-refractivity contribution < 1.29 is 23.8 Å². The highest BCUT2D eigenvalue weighted by atomic mass is 16.7. The number of fused-ring (bicyclic) bond motifs is 1. The van der Waals surface area contributed by atoms with Gasteiger partial charge in [-0.05, 0) is 49.2 Å². The summed E-state index contributed by atoms with van der Waals surface area (Å²) in [5.41, 5.74) is 1.75. The van der Waals surface area contributed by atoms with Crippen molar-refractivity contribution >= 4 is 11.8 Å². The monoisotopic (exact) mass is 384 g/mol. The SMILES string of the molecule is CCOc1ccc(CC(=O)N[C@@H](C)C(=O)NCc2ccc3c(c2)OCO3)cc1. The van der Waals surface area contributed by atoms with Crippen molar-refractivity contribution in [2.24, 2.45) is 0 Å². The van der Waals surface area contributed by atoms with Crippen LogP contribution in [0.4, 0.5) is 0 Å². The Kier molecular flexibility index (Phi) is 6.37. The average molecular weight is 384 g/mol. The van der Waals surface area contributed by atoms with Gasteiger partial charge in [-0.3, -0.25) is 9.59 Å². The van der Waals surface area contributed by atoms with Crippen LogP contribution in [0.5, 0.6) is 17.2 Å². The van der Waals surface area contributed by atoms with E-state index in [0.29, 0.717) is 24.7 Å². The van der Waals surface area contributed by atoms with E-state index in [2.05, 4.69) is 10.6 Å². The summed E-state index contributed by atoms with van der Waals surface area (Å²) >= 11 is 0. The lowest BCUT2D eigenvalue weighted by atomic mass is 10.1. The molecule has 1 aliphatic heterocycles. The predicted molar refractivity (Wildman–Crippen MR) is 103 cm³/mol. The molecule has 148 valence electrons. The first-order valence-electron chi connectivity index (χ1n) is 9.22. The van der Waals surface area contributed by atoms with Crippen molar-refractivity contribution in [3.05, 3.63) is 53.6 Å². The third-order valence-electron chi connectivity index (χ3n) is 4.27. The van der Waals surface area contributed by atoms with Gasteiger partial charge < -0.3 is 24.8 Å². The minimum atomic E-state index is -0.635. The highest BCUT2D eigenvalue weighted by Gasteiger charge is 2.17. The Hall–Kier alpha value is -3.22. The molecule has 0 aromatic heterocycles. The van der Waals surface area contributed by atoms with Gasteiger partial charge in [0.25, 0.3) is 0 Å². The number of amides is 2. The van der Waals surface area contributed by atoms with Crippen LogP contribution in [0.3, 0.4) is 0 Å². The summed E-state index contributed by atoms with van der Waals surface area (Å²) < 4.78 is 16.0. The average Bonchev–Trinajstić information content (AvgIpc) is 3.15. The van der Waals surface area contributed by atoms with E-state index in [9.17, 15) is 9.59 Å². The van der Waals surface area contributed by atoms with Gasteiger partial charge in [0.05, 0.1) is 13.0 Å². The molecule has 0 fully saturated rings. The smallest absolute Gasteiger partial charge is 0.242 e. The fraction of sp³-hybridized carbons (Fsp3) is 0.333. The third-order valence-corrected chi connectivity index (χ3v) is 4.27. The zero-order chi connectivity index (χ0) is 19.9. The van der Waals surface area contributed by atoms with E-state index < -0.39 is 6.04 Å². The van der Waals surface area contributed by atoms with Gasteiger partial charge in [0.15, 0.2) is 11.5 Å². The Labute approximate surface area is 164 Å². The molecule has 0 spiro atoms. The van der Waals surface area contributed by atoms with Crippen molar-refractivity contribution in [3.8, 4) is 17.2 Å². The fourth-order valence-electron chi connectivity index (χ4n) is 2.81. The lowest BCUT2D eigenvalue weighted by Crippen LogP contribution is -2.45. The summed E-state index contributed by atoms with van der Waals surface area (Å²) in [4.78, 5) is 24.4. The van der Waals surface area contributed by atoms with E-state index in [-0.39, 0.29) is 25.0 Å². The number of nitrogens with one attached hydrogen (secondary N) is 2. The standard InChI is InChI=1S/C21H24N2O5/c1-3-26-17-7-4-15(5-8-17)11-20(24)23-14(2)21(25)22-12-16-6-9-18-19(10-16)28-13-27-18/h4-10,14H,3,11-13H2,1-2H3,(H,22,25)(H,23,24)/t14-/m0/s1. The van der Waals surface area contributed by atoms with Crippen molar-refractivity contribution in [2.45, 2.75) is 32.9 Å². The van der Waals surface area contributed by atoms with Crippen molar-refractivity contribution in [1.82, 2.24) is 10.6 Å². The van der Waals surface area contributed by atoms with Gasteiger partial charge >= 0.3 is 0 Å². The Balaban J connectivity index is 1.44. The summed E-state index contributed by atoms with van der Waals surface area (Å²) in [6, 6.07) is 12.2. The fourth-order valence-corrected chi connectivity index (χ4v) is 2.81. The Morgan fingerprint density at radius 2 is 1.79 bits per heavy atom. The van der Waals surface area contributed by atoms with Crippen LogP contribution in [0.15, 0.2) is 42.5 Å². The normalized spacial score (nSPS) is 12.9. The van der Waals surface area contributed by atoms with Crippen LogP contribution >= 0.6 is 0 Å². The number of carbonyl (C=O) groups excluding carboxylic acids is 2. The quantitative estimate of drug-likeness (QED) is 0.729. The maximum absolute atomic E-state index is 12.3. The molecule has 2 amide bonds. The zero-order valence-electron chi connectivity index (χ0n) is 16.0. The third kappa shape index (κ3) is 5.16. The summed E-state index contributed by atoms with van der Waals surface area (Å²) in [5.74, 6) is 1.67. The second-order valence-corrected chi connectivity index (χ2v) is 6.45. The molecule has 7 heteroatoms. The molecule has 0 bridgehead atoms. The second-order valence-electron chi connectivity index (χ2n) is 6.45. The first kappa shape index (κ1) is 19.5. The first-order valence-corrected chi connectivity index (χ1v) is 9.22. The van der Waals surface area contributed by atoms with Crippen molar-refractivity contribution in [1.29, 1.82) is 0 Å². The molecule has 2 aromatic rings. The van der Waals surface area contributed by atoms with E-state index in [4.69, 9.17) is 14.2 Å². The molecule has 3 rings (SSSR count). The molecule has 1 atom stereocenters. The van der Waals surface area contributed by atoms with Crippen LogP contribution in [0.1, 0.15) is 25.0 Å². The largest absolute Gasteiger partial charge is 0.494 e. The zero-order valence-corrected chi connectivity index (χ0v) is 16.0. The molecule has 0 radical (unpaired) electrons. The van der Waals surface area contributed by atoms with Gasteiger partial charge in [0.1, 0.15) is 11.8 Å². The molecule has 2 aromatic carbocycles. The lowest BCUT2D eigenvalue weighted by Gasteiger charge is -2.14. The molecule has 0 unspecified atom stereocenters. The summed E-state index contributed by atoms with van der Waals surface area (Å²) in [6.07, 6.45) is 0.201. The number of rotatable bonds is 8. The summed E-state index contributed by atoms with van der Waals surface area (Å²) in [5, 5.41) is 5.53. The van der Waals surface area contributed by atoms with Gasteiger partial charge in [0, 0.05) is 6.54 Å². The first-order chi connectivity index (χ1) is 13.5. The van der Waals surface area contributed by atoms with Crippen LogP contribution in [-0.4, -0.2) is 31.3 Å². The molecule has 2 N–H and O–H groups in total. The van der Waals surface area contributed by atoms with E-state index in [0.717, 1.165) is 16.9 Å². The molecular formula is C21H24N2O5. The topological polar surface area (TPSA) is 85.9 Å². The van der Waals surface area contributed by atoms with E-state index >= 15 is 0 Å². The Bertz CT molecular complexity index is 835. The highest BCUT2D eigenvalue weighted by molar-refractivity contribution is 5.88. The number of hydrogen-bond donors (Lipinski definition) is 2. The number of carbonyl (C=O) groups is 2. The van der Waals surface area contributed by atoms with Gasteiger partial charge in [0.2, 0.25) is 18.6 Å². The van der Waals surface area contributed by atoms with Crippen molar-refractivity contribution in [2.75, 3.05) is 13.4 Å². The van der Waals surface area contributed by atoms with Gasteiger partial charge in [-0.1, -0.05) is 18.2 Å². The minimum Gasteiger partial charge on any atom is -0.494 e. The molecule has 0 saturated heterocycles. The molecule has 28 heavy (non-hydrogen) atoms. The van der Waals surface area contributed by atoms with E-state index in [1.807, 2.05) is 49.4 Å². The molecule has 0 aliphatic carbocycles. The molecule has 1 heterocycles. The van der Waals surface area contributed by atoms with E-state index in [1.165, 1.54) is 0 Å². The molecule has 7 nitrogen and oxygen atoms in total. The number of hydrogen-bond acceptors (Lipinski definition) is 5. The predicted octanol–water partition coefficient (Wildman–Crippen LogP) is 2.18. The summed E-state index contributed by atoms with van der Waals surface area (Å²) in [6.45, 7) is 4.72. The maximum Gasteiger partial charge on any atom is 0.242 e. The molecule has 0 saturated carbocycles. The Morgan fingerprint density at radius 1 is 1.07 bits per heavy atom. The molecule has 1 aliphatic rings. The van der Waals surface area contributed by atoms with Crippen LogP contribution in [0.25, 0.3) is 0 Å². The summed E-state index contributed by atoms with van der Waals surface area (Å²) in [7, 11) is 0. The number of benzene rings is 2. The van der Waals surface area contributed by atoms with E-state index in [1.54, 1.807) is 6.92 Å². The minimum absolute atomic E-state index is 0.201. The Morgan fingerprint density at radius 3 is 2.54 bits per heavy atom. The number of ether oxygens (including phenoxy) is 3. The highest BCUT2D eigenvalue weighted by Crippen LogP contribution is 2.32. The van der Waals surface area contributed by atoms with Crippen LogP contribution in [0.2, 0.25) is 0 Å².